The molecular weight excluding hydrogens is 365 g/mol. The molecule has 0 spiro atoms. The Morgan fingerprint density at radius 2 is 2.12 bits per heavy atom. The molecule has 0 aliphatic carbocycles. The van der Waals surface area contributed by atoms with Crippen molar-refractivity contribution in [1.29, 1.82) is 0 Å². The van der Waals surface area contributed by atoms with Gasteiger partial charge in [0.15, 0.2) is 0 Å². The number of aromatic nitrogens is 2. The first-order valence-corrected chi connectivity index (χ1v) is 7.39. The van der Waals surface area contributed by atoms with E-state index in [2.05, 4.69) is 10.3 Å². The average molecular weight is 379 g/mol. The summed E-state index contributed by atoms with van der Waals surface area (Å²) in [4.78, 5) is 13.6. The van der Waals surface area contributed by atoms with E-state index in [1.807, 2.05) is 0 Å². The fourth-order valence-electron chi connectivity index (χ4n) is 2.28. The first-order valence-electron chi connectivity index (χ1n) is 7.01. The number of hydrogen-bond acceptors (Lipinski definition) is 5. The molecule has 2 rings (SSSR count). The molecule has 0 amide bonds. The summed E-state index contributed by atoms with van der Waals surface area (Å²) in [5.41, 5.74) is -3.17. The van der Waals surface area contributed by atoms with Crippen LogP contribution in [0.2, 0.25) is 5.02 Å². The molecule has 0 aliphatic rings. The molecule has 2 aromatic rings. The molecule has 1 aromatic carbocycles. The third kappa shape index (κ3) is 3.85. The summed E-state index contributed by atoms with van der Waals surface area (Å²) < 4.78 is 41.2. The summed E-state index contributed by atoms with van der Waals surface area (Å²) in [5, 5.41) is 23.4. The van der Waals surface area contributed by atoms with Crippen molar-refractivity contribution in [3.05, 3.63) is 51.6 Å². The molecule has 0 unspecified atom stereocenters. The van der Waals surface area contributed by atoms with Crippen molar-refractivity contribution in [2.24, 2.45) is 7.05 Å². The van der Waals surface area contributed by atoms with Gasteiger partial charge in [-0.15, -0.1) is 0 Å². The highest BCUT2D eigenvalue weighted by atomic mass is 35.5. The van der Waals surface area contributed by atoms with Crippen LogP contribution >= 0.6 is 11.6 Å². The second-order valence-corrected chi connectivity index (χ2v) is 5.73. The van der Waals surface area contributed by atoms with E-state index in [0.29, 0.717) is 0 Å². The van der Waals surface area contributed by atoms with Crippen LogP contribution in [0.3, 0.4) is 0 Å². The van der Waals surface area contributed by atoms with Crippen LogP contribution in [-0.4, -0.2) is 32.3 Å². The Kier molecular flexibility index (Phi) is 5.23. The Balaban J connectivity index is 2.15. The number of rotatable bonds is 6. The van der Waals surface area contributed by atoms with Gasteiger partial charge in [0, 0.05) is 44.5 Å². The number of halogens is 4. The molecule has 0 radical (unpaired) electrons. The van der Waals surface area contributed by atoms with Gasteiger partial charge in [0.05, 0.1) is 15.6 Å². The predicted octanol–water partition coefficient (Wildman–Crippen LogP) is 3.23. The normalized spacial score (nSPS) is 14.2. The summed E-state index contributed by atoms with van der Waals surface area (Å²) in [5.74, 6) is -0.531. The van der Waals surface area contributed by atoms with Crippen molar-refractivity contribution in [2.75, 3.05) is 11.9 Å². The number of nitro benzene ring substituents is 1. The summed E-state index contributed by atoms with van der Waals surface area (Å²) in [6, 6.07) is 3.54. The van der Waals surface area contributed by atoms with Gasteiger partial charge in [0.1, 0.15) is 5.82 Å². The fourth-order valence-corrected chi connectivity index (χ4v) is 2.53. The van der Waals surface area contributed by atoms with E-state index in [0.717, 1.165) is 16.8 Å². The van der Waals surface area contributed by atoms with Crippen molar-refractivity contribution in [3.63, 3.8) is 0 Å². The number of aryl methyl sites for hydroxylation is 1. The van der Waals surface area contributed by atoms with Crippen molar-refractivity contribution >= 4 is 23.0 Å². The molecule has 0 fully saturated rings. The molecule has 11 heteroatoms. The third-order valence-electron chi connectivity index (χ3n) is 3.63. The lowest BCUT2D eigenvalue weighted by atomic mass is 9.97. The number of imidazole rings is 1. The van der Waals surface area contributed by atoms with Gasteiger partial charge in [-0.3, -0.25) is 10.1 Å². The number of non-ortho nitro benzene ring substituents is 1. The van der Waals surface area contributed by atoms with Crippen molar-refractivity contribution < 1.29 is 23.2 Å². The summed E-state index contributed by atoms with van der Waals surface area (Å²) >= 11 is 5.87. The molecule has 0 aliphatic heterocycles. The Morgan fingerprint density at radius 3 is 2.60 bits per heavy atom. The van der Waals surface area contributed by atoms with Gasteiger partial charge in [0.2, 0.25) is 5.60 Å². The third-order valence-corrected chi connectivity index (χ3v) is 3.94. The van der Waals surface area contributed by atoms with Gasteiger partial charge in [-0.25, -0.2) is 4.98 Å². The van der Waals surface area contributed by atoms with Crippen LogP contribution in [0.5, 0.6) is 0 Å². The number of alkyl halides is 3. The molecule has 0 saturated heterocycles. The monoisotopic (exact) mass is 378 g/mol. The molecule has 0 saturated carbocycles. The first-order chi connectivity index (χ1) is 11.6. The van der Waals surface area contributed by atoms with Crippen LogP contribution in [0.25, 0.3) is 0 Å². The molecule has 1 heterocycles. The maximum atomic E-state index is 13.4. The minimum atomic E-state index is -4.94. The number of nitrogens with zero attached hydrogens (tertiary/aromatic N) is 3. The highest BCUT2D eigenvalue weighted by Crippen LogP contribution is 2.40. The van der Waals surface area contributed by atoms with Crippen molar-refractivity contribution in [1.82, 2.24) is 9.55 Å². The van der Waals surface area contributed by atoms with Gasteiger partial charge in [-0.05, 0) is 6.07 Å². The SMILES string of the molecule is Cn1ccnc1[C@](O)(CCNc1ccc([N+](=O)[O-])cc1Cl)C(F)(F)F. The zero-order valence-electron chi connectivity index (χ0n) is 12.9. The maximum absolute atomic E-state index is 13.4. The molecule has 1 aromatic heterocycles. The topological polar surface area (TPSA) is 93.2 Å². The Labute approximate surface area is 145 Å². The number of anilines is 1. The van der Waals surface area contributed by atoms with Gasteiger partial charge in [-0.2, -0.15) is 13.2 Å². The fraction of sp³-hybridized carbons (Fsp3) is 0.357. The standard InChI is InChI=1S/C14H14ClF3N4O3/c1-21-7-6-20-12(21)13(23,14(16,17)18)4-5-19-11-3-2-9(22(24)25)8-10(11)15/h2-3,6-8,19,23H,4-5H2,1H3/t13-/m1/s1. The zero-order valence-corrected chi connectivity index (χ0v) is 13.7. The molecule has 7 nitrogen and oxygen atoms in total. The molecule has 25 heavy (non-hydrogen) atoms. The molecular formula is C14H14ClF3N4O3. The number of aliphatic hydroxyl groups is 1. The van der Waals surface area contributed by atoms with Crippen LogP contribution in [-0.2, 0) is 12.6 Å². The van der Waals surface area contributed by atoms with Crippen LogP contribution in [0, 0.1) is 10.1 Å². The maximum Gasteiger partial charge on any atom is 0.424 e. The summed E-state index contributed by atoms with van der Waals surface area (Å²) in [6.07, 6.45) is -3.21. The second-order valence-electron chi connectivity index (χ2n) is 5.32. The van der Waals surface area contributed by atoms with Crippen LogP contribution in [0.4, 0.5) is 24.5 Å². The van der Waals surface area contributed by atoms with E-state index in [9.17, 15) is 28.4 Å². The minimum absolute atomic E-state index is 0.0123. The van der Waals surface area contributed by atoms with Crippen LogP contribution in [0.1, 0.15) is 12.2 Å². The Bertz CT molecular complexity index is 781. The average Bonchev–Trinajstić information content (AvgIpc) is 2.94. The minimum Gasteiger partial charge on any atom is -0.384 e. The quantitative estimate of drug-likeness (QED) is 0.594. The van der Waals surface area contributed by atoms with Gasteiger partial charge >= 0.3 is 6.18 Å². The van der Waals surface area contributed by atoms with Crippen LogP contribution in [0.15, 0.2) is 30.6 Å². The van der Waals surface area contributed by atoms with E-state index in [1.54, 1.807) is 0 Å². The molecule has 1 atom stereocenters. The van der Waals surface area contributed by atoms with Gasteiger partial charge in [-0.1, -0.05) is 11.6 Å². The van der Waals surface area contributed by atoms with E-state index in [4.69, 9.17) is 11.6 Å². The van der Waals surface area contributed by atoms with E-state index in [1.165, 1.54) is 25.4 Å². The highest BCUT2D eigenvalue weighted by Gasteiger charge is 2.57. The molecule has 136 valence electrons. The van der Waals surface area contributed by atoms with Gasteiger partial charge < -0.3 is 15.0 Å². The zero-order chi connectivity index (χ0) is 18.8. The van der Waals surface area contributed by atoms with Crippen LogP contribution < -0.4 is 5.32 Å². The van der Waals surface area contributed by atoms with Crippen molar-refractivity contribution in [2.45, 2.75) is 18.2 Å². The number of benzene rings is 1. The van der Waals surface area contributed by atoms with E-state index >= 15 is 0 Å². The van der Waals surface area contributed by atoms with E-state index < -0.39 is 28.9 Å². The van der Waals surface area contributed by atoms with E-state index in [-0.39, 0.29) is 22.9 Å². The first kappa shape index (κ1) is 19.0. The largest absolute Gasteiger partial charge is 0.424 e. The Hall–Kier alpha value is -2.33. The number of nitro groups is 1. The summed E-state index contributed by atoms with van der Waals surface area (Å²) in [7, 11) is 1.35. The smallest absolute Gasteiger partial charge is 0.384 e. The highest BCUT2D eigenvalue weighted by molar-refractivity contribution is 6.33. The Morgan fingerprint density at radius 1 is 1.44 bits per heavy atom. The molecule has 0 bridgehead atoms. The predicted molar refractivity (Wildman–Crippen MR) is 84.4 cm³/mol. The van der Waals surface area contributed by atoms with Crippen molar-refractivity contribution in [3.8, 4) is 0 Å². The lowest BCUT2D eigenvalue weighted by Crippen LogP contribution is -2.45. The second kappa shape index (κ2) is 6.89. The lowest BCUT2D eigenvalue weighted by molar-refractivity contribution is -0.384. The lowest BCUT2D eigenvalue weighted by Gasteiger charge is -2.30. The molecule has 2 N–H and O–H groups in total. The summed E-state index contributed by atoms with van der Waals surface area (Å²) in [6.45, 7) is -0.291. The number of nitrogens with one attached hydrogen (secondary N) is 1. The van der Waals surface area contributed by atoms with Gasteiger partial charge in [0.25, 0.3) is 5.69 Å². The number of hydrogen-bond donors (Lipinski definition) is 2.